The molecule has 1 aromatic carbocycles. The van der Waals surface area contributed by atoms with Gasteiger partial charge in [0.05, 0.1) is 0 Å². The van der Waals surface area contributed by atoms with E-state index in [4.69, 9.17) is 0 Å². The Bertz CT molecular complexity index is 289. The van der Waals surface area contributed by atoms with Gasteiger partial charge in [-0.3, -0.25) is 0 Å². The molecule has 0 aromatic heterocycles. The van der Waals surface area contributed by atoms with Crippen molar-refractivity contribution in [3.8, 4) is 0 Å². The number of hydrogen-bond acceptors (Lipinski definition) is 1. The van der Waals surface area contributed by atoms with Gasteiger partial charge < -0.3 is 5.32 Å². The molecule has 0 aliphatic rings. The lowest BCUT2D eigenvalue weighted by molar-refractivity contribution is 0.424. The Kier molecular flexibility index (Phi) is 5.54. The molecule has 0 aliphatic heterocycles. The highest BCUT2D eigenvalue weighted by molar-refractivity contribution is 5.22. The van der Waals surface area contributed by atoms with E-state index in [1.807, 2.05) is 0 Å². The Balaban J connectivity index is 2.52. The fourth-order valence-electron chi connectivity index (χ4n) is 1.85. The Morgan fingerprint density at radius 1 is 1.06 bits per heavy atom. The molecule has 2 unspecified atom stereocenters. The molecular weight excluding hydrogens is 194 g/mol. The second-order valence-corrected chi connectivity index (χ2v) is 4.77. The molecule has 0 heterocycles. The van der Waals surface area contributed by atoms with Gasteiger partial charge in [0.25, 0.3) is 0 Å². The minimum atomic E-state index is 0.609. The zero-order valence-corrected chi connectivity index (χ0v) is 11.1. The number of aryl methyl sites for hydroxylation is 1. The van der Waals surface area contributed by atoms with Gasteiger partial charge in [0.15, 0.2) is 0 Å². The summed E-state index contributed by atoms with van der Waals surface area (Å²) in [5.41, 5.74) is 2.78. The van der Waals surface area contributed by atoms with Gasteiger partial charge in [-0.15, -0.1) is 0 Å². The lowest BCUT2D eigenvalue weighted by Crippen LogP contribution is -2.37. The molecule has 16 heavy (non-hydrogen) atoms. The normalized spacial score (nSPS) is 14.8. The lowest BCUT2D eigenvalue weighted by Gasteiger charge is -2.21. The minimum Gasteiger partial charge on any atom is -0.311 e. The van der Waals surface area contributed by atoms with Gasteiger partial charge in [-0.25, -0.2) is 0 Å². The Morgan fingerprint density at radius 3 is 2.19 bits per heavy atom. The zero-order chi connectivity index (χ0) is 12.0. The van der Waals surface area contributed by atoms with Crippen LogP contribution in [0.3, 0.4) is 0 Å². The molecule has 1 nitrogen and oxygen atoms in total. The molecule has 0 radical (unpaired) electrons. The van der Waals surface area contributed by atoms with E-state index >= 15 is 0 Å². The van der Waals surface area contributed by atoms with Gasteiger partial charge in [0.2, 0.25) is 0 Å². The lowest BCUT2D eigenvalue weighted by atomic mass is 10.0. The van der Waals surface area contributed by atoms with Crippen molar-refractivity contribution in [2.75, 3.05) is 0 Å². The van der Waals surface area contributed by atoms with Crippen molar-refractivity contribution >= 4 is 0 Å². The summed E-state index contributed by atoms with van der Waals surface area (Å²) in [6.07, 6.45) is 3.53. The first-order chi connectivity index (χ1) is 7.65. The van der Waals surface area contributed by atoms with Crippen LogP contribution in [-0.4, -0.2) is 12.1 Å². The first-order valence-corrected chi connectivity index (χ1v) is 6.47. The second-order valence-electron chi connectivity index (χ2n) is 4.77. The largest absolute Gasteiger partial charge is 0.311 e. The van der Waals surface area contributed by atoms with E-state index < -0.39 is 0 Å². The van der Waals surface area contributed by atoms with Gasteiger partial charge in [-0.1, -0.05) is 43.7 Å². The third-order valence-electron chi connectivity index (χ3n) is 3.23. The molecule has 2 atom stereocenters. The smallest absolute Gasteiger partial charge is 0.0107 e. The van der Waals surface area contributed by atoms with Gasteiger partial charge in [-0.2, -0.15) is 0 Å². The highest BCUT2D eigenvalue weighted by atomic mass is 14.9. The average Bonchev–Trinajstić information content (AvgIpc) is 2.30. The molecule has 1 N–H and O–H groups in total. The van der Waals surface area contributed by atoms with Crippen molar-refractivity contribution in [1.29, 1.82) is 0 Å². The highest BCUT2D eigenvalue weighted by Gasteiger charge is 2.09. The molecule has 90 valence electrons. The maximum absolute atomic E-state index is 3.68. The summed E-state index contributed by atoms with van der Waals surface area (Å²) in [7, 11) is 0. The standard InChI is InChI=1S/C15H25N/c1-5-13(4)16-15(6-2)11-14-9-7-12(3)8-10-14/h7-10,13,15-16H,5-6,11H2,1-4H3. The summed E-state index contributed by atoms with van der Waals surface area (Å²) in [5, 5.41) is 3.68. The first kappa shape index (κ1) is 13.2. The highest BCUT2D eigenvalue weighted by Crippen LogP contribution is 2.09. The van der Waals surface area contributed by atoms with Gasteiger partial charge in [0, 0.05) is 12.1 Å². The van der Waals surface area contributed by atoms with Crippen molar-refractivity contribution in [2.24, 2.45) is 0 Å². The van der Waals surface area contributed by atoms with E-state index in [1.165, 1.54) is 24.0 Å². The van der Waals surface area contributed by atoms with E-state index in [0.717, 1.165) is 6.42 Å². The zero-order valence-electron chi connectivity index (χ0n) is 11.1. The van der Waals surface area contributed by atoms with Crippen molar-refractivity contribution < 1.29 is 0 Å². The molecule has 1 heteroatoms. The summed E-state index contributed by atoms with van der Waals surface area (Å²) in [4.78, 5) is 0. The summed E-state index contributed by atoms with van der Waals surface area (Å²) in [6, 6.07) is 10.1. The third-order valence-corrected chi connectivity index (χ3v) is 3.23. The molecule has 1 aromatic rings. The van der Waals surface area contributed by atoms with Crippen molar-refractivity contribution in [1.82, 2.24) is 5.32 Å². The average molecular weight is 219 g/mol. The van der Waals surface area contributed by atoms with Crippen LogP contribution in [0.1, 0.15) is 44.7 Å². The van der Waals surface area contributed by atoms with Gasteiger partial charge in [0.1, 0.15) is 0 Å². The van der Waals surface area contributed by atoms with E-state index in [-0.39, 0.29) is 0 Å². The third kappa shape index (κ3) is 4.36. The van der Waals surface area contributed by atoms with E-state index in [9.17, 15) is 0 Å². The fourth-order valence-corrected chi connectivity index (χ4v) is 1.85. The van der Waals surface area contributed by atoms with Crippen LogP contribution in [0.5, 0.6) is 0 Å². The number of rotatable bonds is 6. The summed E-state index contributed by atoms with van der Waals surface area (Å²) in [6.45, 7) is 8.89. The first-order valence-electron chi connectivity index (χ1n) is 6.47. The van der Waals surface area contributed by atoms with E-state index in [1.54, 1.807) is 0 Å². The van der Waals surface area contributed by atoms with Crippen molar-refractivity contribution in [3.63, 3.8) is 0 Å². The molecular formula is C15H25N. The maximum Gasteiger partial charge on any atom is 0.0107 e. The summed E-state index contributed by atoms with van der Waals surface area (Å²) in [5.74, 6) is 0. The second kappa shape index (κ2) is 6.70. The molecule has 0 spiro atoms. The van der Waals surface area contributed by atoms with Crippen LogP contribution in [0, 0.1) is 6.92 Å². The minimum absolute atomic E-state index is 0.609. The maximum atomic E-state index is 3.68. The van der Waals surface area contributed by atoms with Crippen LogP contribution >= 0.6 is 0 Å². The van der Waals surface area contributed by atoms with Gasteiger partial charge >= 0.3 is 0 Å². The molecule has 0 amide bonds. The summed E-state index contributed by atoms with van der Waals surface area (Å²) < 4.78 is 0. The van der Waals surface area contributed by atoms with Crippen LogP contribution in [0.2, 0.25) is 0 Å². The predicted molar refractivity (Wildman–Crippen MR) is 71.9 cm³/mol. The van der Waals surface area contributed by atoms with E-state index in [0.29, 0.717) is 12.1 Å². The van der Waals surface area contributed by atoms with Crippen molar-refractivity contribution in [3.05, 3.63) is 35.4 Å². The molecule has 1 rings (SSSR count). The van der Waals surface area contributed by atoms with Gasteiger partial charge in [-0.05, 0) is 38.7 Å². The van der Waals surface area contributed by atoms with Crippen molar-refractivity contribution in [2.45, 2.75) is 59.0 Å². The monoisotopic (exact) mass is 219 g/mol. The number of hydrogen-bond donors (Lipinski definition) is 1. The molecule has 0 fully saturated rings. The SMILES string of the molecule is CCC(C)NC(CC)Cc1ccc(C)cc1. The molecule has 0 bridgehead atoms. The Labute approximate surface area is 100 Å². The number of benzene rings is 1. The van der Waals surface area contributed by atoms with Crippen LogP contribution in [0.4, 0.5) is 0 Å². The Hall–Kier alpha value is -0.820. The fraction of sp³-hybridized carbons (Fsp3) is 0.600. The van der Waals surface area contributed by atoms with Crippen LogP contribution < -0.4 is 5.32 Å². The van der Waals surface area contributed by atoms with Crippen LogP contribution in [0.15, 0.2) is 24.3 Å². The van der Waals surface area contributed by atoms with Crippen LogP contribution in [0.25, 0.3) is 0 Å². The van der Waals surface area contributed by atoms with E-state index in [2.05, 4.69) is 57.3 Å². The van der Waals surface area contributed by atoms with Crippen LogP contribution in [-0.2, 0) is 6.42 Å². The molecule has 0 saturated heterocycles. The number of nitrogens with one attached hydrogen (secondary N) is 1. The molecule has 0 aliphatic carbocycles. The molecule has 0 saturated carbocycles. The Morgan fingerprint density at radius 2 is 1.69 bits per heavy atom. The topological polar surface area (TPSA) is 12.0 Å². The summed E-state index contributed by atoms with van der Waals surface area (Å²) >= 11 is 0. The predicted octanol–water partition coefficient (Wildman–Crippen LogP) is 3.70. The quantitative estimate of drug-likeness (QED) is 0.769.